The summed E-state index contributed by atoms with van der Waals surface area (Å²) in [6.45, 7) is 4.59. The van der Waals surface area contributed by atoms with Gasteiger partial charge in [0.2, 0.25) is 5.91 Å². The highest BCUT2D eigenvalue weighted by molar-refractivity contribution is 7.07. The normalized spacial score (nSPS) is 24.8. The third-order valence-electron chi connectivity index (χ3n) is 5.37. The molecule has 0 aliphatic carbocycles. The van der Waals surface area contributed by atoms with Gasteiger partial charge in [-0.05, 0) is 65.9 Å². The molecule has 2 aromatic rings. The van der Waals surface area contributed by atoms with Gasteiger partial charge in [-0.2, -0.15) is 11.3 Å². The molecule has 0 N–H and O–H groups in total. The first-order valence-electron chi connectivity index (χ1n) is 8.67. The smallest absolute Gasteiger partial charge is 0.230 e. The second-order valence-corrected chi connectivity index (χ2v) is 7.84. The summed E-state index contributed by atoms with van der Waals surface area (Å²) in [4.78, 5) is 21.7. The van der Waals surface area contributed by atoms with Gasteiger partial charge in [-0.3, -0.25) is 14.7 Å². The van der Waals surface area contributed by atoms with Crippen molar-refractivity contribution in [1.29, 1.82) is 0 Å². The van der Waals surface area contributed by atoms with E-state index in [1.54, 1.807) is 23.7 Å². The first-order valence-corrected chi connectivity index (χ1v) is 9.61. The maximum Gasteiger partial charge on any atom is 0.230 e. The predicted molar refractivity (Wildman–Crippen MR) is 95.5 cm³/mol. The summed E-state index contributed by atoms with van der Waals surface area (Å²) in [5.41, 5.74) is 2.39. The van der Waals surface area contributed by atoms with Crippen LogP contribution >= 0.6 is 11.3 Å². The van der Waals surface area contributed by atoms with Gasteiger partial charge in [0.25, 0.3) is 0 Å². The summed E-state index contributed by atoms with van der Waals surface area (Å²) in [6, 6.07) is 6.20. The van der Waals surface area contributed by atoms with Gasteiger partial charge >= 0.3 is 0 Å². The zero-order chi connectivity index (χ0) is 16.4. The van der Waals surface area contributed by atoms with E-state index in [4.69, 9.17) is 0 Å². The maximum atomic E-state index is 13.1. The maximum absolute atomic E-state index is 13.1. The first-order chi connectivity index (χ1) is 11.8. The van der Waals surface area contributed by atoms with Crippen LogP contribution in [0.2, 0.25) is 0 Å². The Morgan fingerprint density at radius 2 is 1.96 bits per heavy atom. The number of piperidine rings is 1. The van der Waals surface area contributed by atoms with E-state index in [1.807, 2.05) is 17.0 Å². The van der Waals surface area contributed by atoms with E-state index >= 15 is 0 Å². The number of nitrogens with zero attached hydrogens (tertiary/aromatic N) is 3. The number of hydrogen-bond donors (Lipinski definition) is 0. The molecule has 2 aromatic heterocycles. The minimum atomic E-state index is -0.151. The van der Waals surface area contributed by atoms with Gasteiger partial charge in [-0.25, -0.2) is 0 Å². The molecule has 4 nitrogen and oxygen atoms in total. The number of amides is 1. The lowest BCUT2D eigenvalue weighted by molar-refractivity contribution is -0.139. The molecule has 2 saturated heterocycles. The van der Waals surface area contributed by atoms with Crippen LogP contribution in [0.25, 0.3) is 0 Å². The summed E-state index contributed by atoms with van der Waals surface area (Å²) in [7, 11) is 0. The largest absolute Gasteiger partial charge is 0.338 e. The van der Waals surface area contributed by atoms with E-state index in [1.165, 1.54) is 11.1 Å². The topological polar surface area (TPSA) is 36.4 Å². The summed E-state index contributed by atoms with van der Waals surface area (Å²) in [5, 5.41) is 4.35. The number of likely N-dealkylation sites (tertiary alicyclic amines) is 2. The minimum Gasteiger partial charge on any atom is -0.338 e. The number of pyridine rings is 1. The van der Waals surface area contributed by atoms with Gasteiger partial charge in [0, 0.05) is 38.6 Å². The second-order valence-electron chi connectivity index (χ2n) is 7.06. The Labute approximate surface area is 147 Å². The highest BCUT2D eigenvalue weighted by atomic mass is 32.1. The molecule has 1 amide bonds. The molecule has 24 heavy (non-hydrogen) atoms. The molecule has 1 spiro atoms. The number of carbonyl (C=O) groups excluding carboxylic acids is 1. The van der Waals surface area contributed by atoms with E-state index < -0.39 is 0 Å². The van der Waals surface area contributed by atoms with E-state index in [0.717, 1.165) is 45.4 Å². The zero-order valence-electron chi connectivity index (χ0n) is 13.9. The Hall–Kier alpha value is -1.72. The van der Waals surface area contributed by atoms with Crippen molar-refractivity contribution in [3.63, 3.8) is 0 Å². The monoisotopic (exact) mass is 341 g/mol. The van der Waals surface area contributed by atoms with Crippen LogP contribution in [0, 0.1) is 5.41 Å². The van der Waals surface area contributed by atoms with Gasteiger partial charge in [0.1, 0.15) is 0 Å². The van der Waals surface area contributed by atoms with Crippen LogP contribution in [0.1, 0.15) is 30.4 Å². The first kappa shape index (κ1) is 15.8. The van der Waals surface area contributed by atoms with Crippen LogP contribution in [-0.4, -0.2) is 40.3 Å². The van der Waals surface area contributed by atoms with Crippen LogP contribution in [0.3, 0.4) is 0 Å². The Bertz CT molecular complexity index is 688. The quantitative estimate of drug-likeness (QED) is 0.857. The molecule has 126 valence electrons. The number of carbonyl (C=O) groups is 1. The fourth-order valence-electron chi connectivity index (χ4n) is 4.13. The van der Waals surface area contributed by atoms with E-state index in [9.17, 15) is 4.79 Å². The summed E-state index contributed by atoms with van der Waals surface area (Å²) < 4.78 is 0. The lowest BCUT2D eigenvalue weighted by Gasteiger charge is -2.39. The van der Waals surface area contributed by atoms with E-state index in [2.05, 4.69) is 26.7 Å². The number of aromatic nitrogens is 1. The molecular weight excluding hydrogens is 318 g/mol. The van der Waals surface area contributed by atoms with Crippen molar-refractivity contribution < 1.29 is 4.79 Å². The highest BCUT2D eigenvalue weighted by Crippen LogP contribution is 2.41. The number of rotatable bonds is 4. The standard InChI is InChI=1S/C19H23N3OS/c23-18-19(6-10-22(18)13-16-2-7-20-8-3-16)5-1-9-21(15-19)12-17-4-11-24-14-17/h2-4,7-8,11,14H,1,5-6,9-10,12-13,15H2/t19-/m1/s1. The van der Waals surface area contributed by atoms with Crippen LogP contribution in [0.15, 0.2) is 41.4 Å². The van der Waals surface area contributed by atoms with E-state index in [-0.39, 0.29) is 5.41 Å². The molecule has 0 radical (unpaired) electrons. The average Bonchev–Trinajstić information content (AvgIpc) is 3.21. The SMILES string of the molecule is O=C1N(Cc2ccncc2)CC[C@@]12CCCN(Cc1ccsc1)C2. The van der Waals surface area contributed by atoms with Crippen molar-refractivity contribution in [2.75, 3.05) is 19.6 Å². The minimum absolute atomic E-state index is 0.151. The van der Waals surface area contributed by atoms with Crippen LogP contribution in [0.4, 0.5) is 0 Å². The average molecular weight is 341 g/mol. The number of hydrogen-bond acceptors (Lipinski definition) is 4. The van der Waals surface area contributed by atoms with Crippen molar-refractivity contribution in [3.05, 3.63) is 52.5 Å². The molecule has 0 bridgehead atoms. The molecule has 2 fully saturated rings. The van der Waals surface area contributed by atoms with Crippen molar-refractivity contribution in [2.24, 2.45) is 5.41 Å². The fraction of sp³-hybridized carbons (Fsp3) is 0.474. The molecule has 1 atom stereocenters. The summed E-state index contributed by atoms with van der Waals surface area (Å²) in [5.74, 6) is 0.356. The van der Waals surface area contributed by atoms with Crippen molar-refractivity contribution in [1.82, 2.24) is 14.8 Å². The van der Waals surface area contributed by atoms with Crippen LogP contribution in [-0.2, 0) is 17.9 Å². The fourth-order valence-corrected chi connectivity index (χ4v) is 4.79. The Balaban J connectivity index is 1.44. The van der Waals surface area contributed by atoms with Gasteiger partial charge in [-0.15, -0.1) is 0 Å². The molecule has 4 rings (SSSR count). The van der Waals surface area contributed by atoms with E-state index in [0.29, 0.717) is 12.5 Å². The molecule has 0 unspecified atom stereocenters. The summed E-state index contributed by atoms with van der Waals surface area (Å²) in [6.07, 6.45) is 6.76. The third kappa shape index (κ3) is 3.10. The van der Waals surface area contributed by atoms with Gasteiger partial charge < -0.3 is 4.90 Å². The molecule has 5 heteroatoms. The second kappa shape index (κ2) is 6.65. The molecular formula is C19H23N3OS. The lowest BCUT2D eigenvalue weighted by Crippen LogP contribution is -2.47. The predicted octanol–water partition coefficient (Wildman–Crippen LogP) is 3.16. The Kier molecular flexibility index (Phi) is 4.37. The number of thiophene rings is 1. The molecule has 4 heterocycles. The lowest BCUT2D eigenvalue weighted by atomic mass is 9.78. The van der Waals surface area contributed by atoms with Gasteiger partial charge in [-0.1, -0.05) is 0 Å². The summed E-state index contributed by atoms with van der Waals surface area (Å²) >= 11 is 1.75. The third-order valence-corrected chi connectivity index (χ3v) is 6.10. The van der Waals surface area contributed by atoms with Crippen molar-refractivity contribution >= 4 is 17.2 Å². The zero-order valence-corrected chi connectivity index (χ0v) is 14.7. The Morgan fingerprint density at radius 3 is 2.75 bits per heavy atom. The van der Waals surface area contributed by atoms with Gasteiger partial charge in [0.05, 0.1) is 5.41 Å². The van der Waals surface area contributed by atoms with Crippen LogP contribution in [0.5, 0.6) is 0 Å². The highest BCUT2D eigenvalue weighted by Gasteiger charge is 2.48. The molecule has 2 aliphatic heterocycles. The Morgan fingerprint density at radius 1 is 1.08 bits per heavy atom. The van der Waals surface area contributed by atoms with Crippen LogP contribution < -0.4 is 0 Å². The van der Waals surface area contributed by atoms with Crippen molar-refractivity contribution in [3.8, 4) is 0 Å². The molecule has 0 aromatic carbocycles. The van der Waals surface area contributed by atoms with Crippen molar-refractivity contribution in [2.45, 2.75) is 32.4 Å². The molecule has 0 saturated carbocycles. The molecule has 2 aliphatic rings. The van der Waals surface area contributed by atoms with Gasteiger partial charge in [0.15, 0.2) is 0 Å².